The van der Waals surface area contributed by atoms with Crippen LogP contribution in [-0.4, -0.2) is 5.78 Å². The first-order chi connectivity index (χ1) is 9.72. The minimum atomic E-state index is -0.0788. The topological polar surface area (TPSA) is 56.2 Å². The smallest absolute Gasteiger partial charge is 0.199 e. The lowest BCUT2D eigenvalue weighted by Gasteiger charge is -2.04. The maximum atomic E-state index is 12.8. The summed E-state index contributed by atoms with van der Waals surface area (Å²) in [6.45, 7) is 1.98. The highest BCUT2D eigenvalue weighted by Crippen LogP contribution is 2.29. The summed E-state index contributed by atoms with van der Waals surface area (Å²) < 4.78 is 5.77. The second-order valence-corrected chi connectivity index (χ2v) is 4.67. The van der Waals surface area contributed by atoms with Gasteiger partial charge in [0.15, 0.2) is 5.78 Å². The van der Waals surface area contributed by atoms with Crippen LogP contribution in [0, 0.1) is 0 Å². The van der Waals surface area contributed by atoms with E-state index >= 15 is 0 Å². The van der Waals surface area contributed by atoms with Gasteiger partial charge in [-0.2, -0.15) is 0 Å². The molecule has 3 heteroatoms. The monoisotopic (exact) mass is 265 g/mol. The molecule has 2 aromatic carbocycles. The molecule has 0 saturated carbocycles. The fourth-order valence-electron chi connectivity index (χ4n) is 2.43. The number of rotatable bonds is 3. The van der Waals surface area contributed by atoms with Crippen molar-refractivity contribution < 1.29 is 9.21 Å². The number of carbonyl (C=O) groups excluding carboxylic acids is 1. The molecule has 0 aliphatic rings. The van der Waals surface area contributed by atoms with Gasteiger partial charge in [-0.15, -0.1) is 0 Å². The molecule has 100 valence electrons. The van der Waals surface area contributed by atoms with Gasteiger partial charge in [0.1, 0.15) is 11.3 Å². The number of hydrogen-bond donors (Lipinski definition) is 1. The Hall–Kier alpha value is -2.55. The predicted molar refractivity (Wildman–Crippen MR) is 79.9 cm³/mol. The van der Waals surface area contributed by atoms with Crippen molar-refractivity contribution in [1.82, 2.24) is 0 Å². The van der Waals surface area contributed by atoms with Gasteiger partial charge in [-0.25, -0.2) is 0 Å². The molecule has 0 radical (unpaired) electrons. The van der Waals surface area contributed by atoms with Gasteiger partial charge in [0.05, 0.1) is 5.56 Å². The number of hydrogen-bond acceptors (Lipinski definition) is 3. The Balaban J connectivity index is 2.24. The molecule has 0 spiro atoms. The first kappa shape index (κ1) is 12.5. The van der Waals surface area contributed by atoms with Crippen LogP contribution >= 0.6 is 0 Å². The van der Waals surface area contributed by atoms with Crippen LogP contribution in [0.5, 0.6) is 0 Å². The van der Waals surface area contributed by atoms with E-state index < -0.39 is 0 Å². The van der Waals surface area contributed by atoms with E-state index in [2.05, 4.69) is 0 Å². The molecular weight excluding hydrogens is 250 g/mol. The normalized spacial score (nSPS) is 10.8. The maximum Gasteiger partial charge on any atom is 0.199 e. The molecule has 20 heavy (non-hydrogen) atoms. The van der Waals surface area contributed by atoms with Crippen LogP contribution in [0.4, 0.5) is 5.69 Å². The maximum absolute atomic E-state index is 12.8. The van der Waals surface area contributed by atoms with Crippen molar-refractivity contribution in [2.24, 2.45) is 0 Å². The number of aryl methyl sites for hydroxylation is 1. The summed E-state index contributed by atoms with van der Waals surface area (Å²) in [5, 5.41) is 0.845. The molecule has 0 atom stereocenters. The zero-order valence-corrected chi connectivity index (χ0v) is 11.2. The van der Waals surface area contributed by atoms with Gasteiger partial charge in [-0.3, -0.25) is 4.79 Å². The lowest BCUT2D eigenvalue weighted by molar-refractivity contribution is 0.103. The second kappa shape index (κ2) is 4.85. The van der Waals surface area contributed by atoms with E-state index in [1.165, 1.54) is 0 Å². The van der Waals surface area contributed by atoms with Crippen molar-refractivity contribution in [3.8, 4) is 0 Å². The summed E-state index contributed by atoms with van der Waals surface area (Å²) in [6.07, 6.45) is 0.669. The number of furan rings is 1. The SMILES string of the molecule is CCc1oc2ccccc2c1C(=O)c1ccccc1N. The minimum absolute atomic E-state index is 0.0788. The average Bonchev–Trinajstić information content (AvgIpc) is 2.85. The van der Waals surface area contributed by atoms with E-state index in [4.69, 9.17) is 10.2 Å². The van der Waals surface area contributed by atoms with Gasteiger partial charge in [0.2, 0.25) is 0 Å². The summed E-state index contributed by atoms with van der Waals surface area (Å²) in [7, 11) is 0. The molecule has 0 bridgehead atoms. The molecule has 0 unspecified atom stereocenters. The van der Waals surface area contributed by atoms with Gasteiger partial charge < -0.3 is 10.2 Å². The highest BCUT2D eigenvalue weighted by atomic mass is 16.3. The fourth-order valence-corrected chi connectivity index (χ4v) is 2.43. The molecule has 0 aliphatic heterocycles. The molecule has 3 nitrogen and oxygen atoms in total. The summed E-state index contributed by atoms with van der Waals surface area (Å²) in [6, 6.07) is 14.7. The van der Waals surface area contributed by atoms with E-state index in [0.717, 1.165) is 11.0 Å². The van der Waals surface area contributed by atoms with Crippen LogP contribution in [0.3, 0.4) is 0 Å². The van der Waals surface area contributed by atoms with Crippen molar-refractivity contribution in [3.05, 3.63) is 65.4 Å². The average molecular weight is 265 g/mol. The summed E-state index contributed by atoms with van der Waals surface area (Å²) >= 11 is 0. The number of para-hydroxylation sites is 2. The van der Waals surface area contributed by atoms with E-state index in [9.17, 15) is 4.79 Å². The minimum Gasteiger partial charge on any atom is -0.460 e. The Bertz CT molecular complexity index is 787. The lowest BCUT2D eigenvalue weighted by atomic mass is 9.98. The number of carbonyl (C=O) groups is 1. The van der Waals surface area contributed by atoms with E-state index in [1.807, 2.05) is 43.3 Å². The standard InChI is InChI=1S/C17H15NO2/c1-2-14-16(12-8-4-6-10-15(12)20-14)17(19)11-7-3-5-9-13(11)18/h3-10H,2,18H2,1H3. The summed E-state index contributed by atoms with van der Waals surface area (Å²) in [5.41, 5.74) is 8.29. The third-order valence-electron chi connectivity index (χ3n) is 3.42. The van der Waals surface area contributed by atoms with Crippen molar-refractivity contribution in [1.29, 1.82) is 0 Å². The second-order valence-electron chi connectivity index (χ2n) is 4.67. The molecule has 0 fully saturated rings. The molecule has 2 N–H and O–H groups in total. The Morgan fingerprint density at radius 3 is 2.55 bits per heavy atom. The van der Waals surface area contributed by atoms with Crippen molar-refractivity contribution >= 4 is 22.4 Å². The Morgan fingerprint density at radius 1 is 1.10 bits per heavy atom. The number of benzene rings is 2. The summed E-state index contributed by atoms with van der Waals surface area (Å²) in [4.78, 5) is 12.8. The van der Waals surface area contributed by atoms with Crippen LogP contribution in [-0.2, 0) is 6.42 Å². The van der Waals surface area contributed by atoms with Gasteiger partial charge in [0.25, 0.3) is 0 Å². The van der Waals surface area contributed by atoms with Crippen molar-refractivity contribution in [3.63, 3.8) is 0 Å². The Labute approximate surface area is 117 Å². The molecular formula is C17H15NO2. The molecule has 1 aromatic heterocycles. The van der Waals surface area contributed by atoms with Gasteiger partial charge in [-0.1, -0.05) is 37.3 Å². The van der Waals surface area contributed by atoms with Crippen LogP contribution in [0.1, 0.15) is 28.6 Å². The molecule has 0 saturated heterocycles. The number of fused-ring (bicyclic) bond motifs is 1. The van der Waals surface area contributed by atoms with Gasteiger partial charge >= 0.3 is 0 Å². The third-order valence-corrected chi connectivity index (χ3v) is 3.42. The van der Waals surface area contributed by atoms with Crippen LogP contribution in [0.15, 0.2) is 52.9 Å². The lowest BCUT2D eigenvalue weighted by Crippen LogP contribution is -2.06. The zero-order chi connectivity index (χ0) is 14.1. The van der Waals surface area contributed by atoms with Crippen LogP contribution in [0.25, 0.3) is 11.0 Å². The number of anilines is 1. The van der Waals surface area contributed by atoms with E-state index in [-0.39, 0.29) is 5.78 Å². The molecule has 0 aliphatic carbocycles. The van der Waals surface area contributed by atoms with E-state index in [0.29, 0.717) is 29.0 Å². The molecule has 3 aromatic rings. The largest absolute Gasteiger partial charge is 0.460 e. The molecule has 0 amide bonds. The van der Waals surface area contributed by atoms with Gasteiger partial charge in [0, 0.05) is 23.1 Å². The first-order valence-corrected chi connectivity index (χ1v) is 6.62. The molecule has 1 heterocycles. The Morgan fingerprint density at radius 2 is 1.80 bits per heavy atom. The van der Waals surface area contributed by atoms with Crippen molar-refractivity contribution in [2.45, 2.75) is 13.3 Å². The zero-order valence-electron chi connectivity index (χ0n) is 11.2. The van der Waals surface area contributed by atoms with E-state index in [1.54, 1.807) is 12.1 Å². The van der Waals surface area contributed by atoms with Gasteiger partial charge in [-0.05, 0) is 18.2 Å². The highest BCUT2D eigenvalue weighted by Gasteiger charge is 2.21. The fraction of sp³-hybridized carbons (Fsp3) is 0.118. The van der Waals surface area contributed by atoms with Crippen molar-refractivity contribution in [2.75, 3.05) is 5.73 Å². The molecule has 3 rings (SSSR count). The number of nitrogens with two attached hydrogens (primary N) is 1. The highest BCUT2D eigenvalue weighted by molar-refractivity contribution is 6.18. The number of ketones is 1. The number of nitrogen functional groups attached to an aromatic ring is 1. The summed E-state index contributed by atoms with van der Waals surface area (Å²) in [5.74, 6) is 0.629. The third kappa shape index (κ3) is 1.88. The van der Waals surface area contributed by atoms with Crippen LogP contribution in [0.2, 0.25) is 0 Å². The Kier molecular flexibility index (Phi) is 3.03. The predicted octanol–water partition coefficient (Wildman–Crippen LogP) is 3.81. The quantitative estimate of drug-likeness (QED) is 0.578. The van der Waals surface area contributed by atoms with Crippen LogP contribution < -0.4 is 5.73 Å². The first-order valence-electron chi connectivity index (χ1n) is 6.62.